The Hall–Kier alpha value is -0.540. The minimum absolute atomic E-state index is 0.716. The Balaban J connectivity index is 2.65. The van der Waals surface area contributed by atoms with E-state index >= 15 is 0 Å². The number of ether oxygens (including phenoxy) is 2. The highest BCUT2D eigenvalue weighted by Gasteiger charge is 2.06. The van der Waals surface area contributed by atoms with E-state index in [0.29, 0.717) is 6.61 Å². The number of aryl methyl sites for hydroxylation is 3. The molecule has 3 heteroatoms. The summed E-state index contributed by atoms with van der Waals surface area (Å²) in [5.74, 6) is 1.03. The molecule has 0 amide bonds. The van der Waals surface area contributed by atoms with Crippen molar-refractivity contribution < 1.29 is 9.47 Å². The Morgan fingerprint density at radius 2 is 1.76 bits per heavy atom. The Labute approximate surface area is 112 Å². The van der Waals surface area contributed by atoms with Gasteiger partial charge in [-0.1, -0.05) is 28.1 Å². The fourth-order valence-electron chi connectivity index (χ4n) is 1.90. The van der Waals surface area contributed by atoms with E-state index in [2.05, 4.69) is 41.9 Å². The van der Waals surface area contributed by atoms with Gasteiger partial charge >= 0.3 is 0 Å². The molecule has 0 N–H and O–H groups in total. The number of hydrogen-bond donors (Lipinski definition) is 0. The van der Waals surface area contributed by atoms with Crippen LogP contribution in [-0.2, 0) is 11.2 Å². The van der Waals surface area contributed by atoms with Crippen LogP contribution < -0.4 is 4.74 Å². The van der Waals surface area contributed by atoms with E-state index in [4.69, 9.17) is 9.47 Å². The number of halogens is 1. The zero-order valence-electron chi connectivity index (χ0n) is 10.9. The van der Waals surface area contributed by atoms with Crippen LogP contribution in [0.1, 0.15) is 23.1 Å². The maximum absolute atomic E-state index is 5.81. The molecule has 1 aromatic carbocycles. The average molecular weight is 301 g/mol. The van der Waals surface area contributed by atoms with Gasteiger partial charge in [-0.3, -0.25) is 0 Å². The molecular formula is C14H21BrO2. The molecule has 17 heavy (non-hydrogen) atoms. The van der Waals surface area contributed by atoms with Gasteiger partial charge < -0.3 is 9.47 Å². The molecule has 0 heterocycles. The molecule has 0 bridgehead atoms. The van der Waals surface area contributed by atoms with Crippen molar-refractivity contribution in [2.45, 2.75) is 26.7 Å². The van der Waals surface area contributed by atoms with Gasteiger partial charge in [0.2, 0.25) is 0 Å². The molecular weight excluding hydrogens is 280 g/mol. The van der Waals surface area contributed by atoms with E-state index in [-0.39, 0.29) is 0 Å². The standard InChI is InChI=1S/C14H21BrO2/c1-11-9-13(5-6-15)10-12(2)14(11)17-8-4-7-16-3/h9-10H,4-8H2,1-3H3. The zero-order valence-corrected chi connectivity index (χ0v) is 12.5. The summed E-state index contributed by atoms with van der Waals surface area (Å²) < 4.78 is 10.8. The molecule has 0 radical (unpaired) electrons. The van der Waals surface area contributed by atoms with E-state index < -0.39 is 0 Å². The summed E-state index contributed by atoms with van der Waals surface area (Å²) in [4.78, 5) is 0. The number of hydrogen-bond acceptors (Lipinski definition) is 2. The summed E-state index contributed by atoms with van der Waals surface area (Å²) in [6.45, 7) is 5.68. The fraction of sp³-hybridized carbons (Fsp3) is 0.571. The van der Waals surface area contributed by atoms with Crippen molar-refractivity contribution in [3.63, 3.8) is 0 Å². The maximum atomic E-state index is 5.81. The van der Waals surface area contributed by atoms with Crippen LogP contribution in [0.3, 0.4) is 0 Å². The van der Waals surface area contributed by atoms with Gasteiger partial charge in [-0.15, -0.1) is 0 Å². The van der Waals surface area contributed by atoms with Gasteiger partial charge in [-0.05, 0) is 37.0 Å². The highest BCUT2D eigenvalue weighted by Crippen LogP contribution is 2.25. The van der Waals surface area contributed by atoms with E-state index in [0.717, 1.165) is 30.5 Å². The van der Waals surface area contributed by atoms with Gasteiger partial charge in [0.15, 0.2) is 0 Å². The molecule has 0 unspecified atom stereocenters. The van der Waals surface area contributed by atoms with Gasteiger partial charge in [0.25, 0.3) is 0 Å². The second-order valence-corrected chi connectivity index (χ2v) is 4.99. The summed E-state index contributed by atoms with van der Waals surface area (Å²) in [6, 6.07) is 4.42. The molecule has 0 aliphatic carbocycles. The molecule has 1 rings (SSSR count). The second kappa shape index (κ2) is 7.72. The summed E-state index contributed by atoms with van der Waals surface area (Å²) in [5.41, 5.74) is 3.80. The highest BCUT2D eigenvalue weighted by molar-refractivity contribution is 9.09. The van der Waals surface area contributed by atoms with Crippen LogP contribution >= 0.6 is 15.9 Å². The Morgan fingerprint density at radius 3 is 2.29 bits per heavy atom. The van der Waals surface area contributed by atoms with Crippen molar-refractivity contribution in [1.82, 2.24) is 0 Å². The van der Waals surface area contributed by atoms with E-state index in [9.17, 15) is 0 Å². The van der Waals surface area contributed by atoms with Crippen LogP contribution in [-0.4, -0.2) is 25.7 Å². The number of benzene rings is 1. The minimum atomic E-state index is 0.716. The lowest BCUT2D eigenvalue weighted by Crippen LogP contribution is -2.04. The molecule has 0 fully saturated rings. The SMILES string of the molecule is COCCCOc1c(C)cc(CCBr)cc1C. The number of rotatable bonds is 7. The normalized spacial score (nSPS) is 10.6. The first-order valence-electron chi connectivity index (χ1n) is 5.97. The fourth-order valence-corrected chi connectivity index (χ4v) is 2.36. The molecule has 0 spiro atoms. The molecule has 2 nitrogen and oxygen atoms in total. The van der Waals surface area contributed by atoms with Crippen LogP contribution in [0.5, 0.6) is 5.75 Å². The van der Waals surface area contributed by atoms with Crippen molar-refractivity contribution in [3.8, 4) is 5.75 Å². The highest BCUT2D eigenvalue weighted by atomic mass is 79.9. The van der Waals surface area contributed by atoms with Gasteiger partial charge in [0.05, 0.1) is 6.61 Å². The summed E-state index contributed by atoms with van der Waals surface area (Å²) in [5, 5.41) is 1.000. The Bertz CT molecular complexity index is 327. The topological polar surface area (TPSA) is 18.5 Å². The lowest BCUT2D eigenvalue weighted by atomic mass is 10.0. The lowest BCUT2D eigenvalue weighted by Gasteiger charge is -2.13. The first-order chi connectivity index (χ1) is 8.19. The first kappa shape index (κ1) is 14.5. The van der Waals surface area contributed by atoms with Gasteiger partial charge in [-0.25, -0.2) is 0 Å². The quantitative estimate of drug-likeness (QED) is 0.565. The predicted octanol–water partition coefficient (Wildman–Crippen LogP) is 3.66. The summed E-state index contributed by atoms with van der Waals surface area (Å²) in [7, 11) is 1.71. The number of alkyl halides is 1. The third-order valence-corrected chi connectivity index (χ3v) is 3.04. The average Bonchev–Trinajstić information content (AvgIpc) is 2.27. The van der Waals surface area contributed by atoms with Crippen molar-refractivity contribution in [2.24, 2.45) is 0 Å². The van der Waals surface area contributed by atoms with E-state index in [1.165, 1.54) is 16.7 Å². The number of methoxy groups -OCH3 is 1. The Kier molecular flexibility index (Phi) is 6.60. The summed E-state index contributed by atoms with van der Waals surface area (Å²) in [6.07, 6.45) is 1.99. The lowest BCUT2D eigenvalue weighted by molar-refractivity contribution is 0.171. The van der Waals surface area contributed by atoms with Crippen LogP contribution in [0.15, 0.2) is 12.1 Å². The van der Waals surface area contributed by atoms with Crippen molar-refractivity contribution in [1.29, 1.82) is 0 Å². The maximum Gasteiger partial charge on any atom is 0.125 e. The second-order valence-electron chi connectivity index (χ2n) is 4.19. The zero-order chi connectivity index (χ0) is 12.7. The molecule has 0 aromatic heterocycles. The van der Waals surface area contributed by atoms with E-state index in [1.807, 2.05) is 0 Å². The smallest absolute Gasteiger partial charge is 0.125 e. The monoisotopic (exact) mass is 300 g/mol. The minimum Gasteiger partial charge on any atom is -0.493 e. The van der Waals surface area contributed by atoms with Gasteiger partial charge in [-0.2, -0.15) is 0 Å². The van der Waals surface area contributed by atoms with Crippen molar-refractivity contribution in [2.75, 3.05) is 25.7 Å². The summed E-state index contributed by atoms with van der Waals surface area (Å²) >= 11 is 3.47. The van der Waals surface area contributed by atoms with Crippen molar-refractivity contribution >= 4 is 15.9 Å². The van der Waals surface area contributed by atoms with Gasteiger partial charge in [0.1, 0.15) is 5.75 Å². The van der Waals surface area contributed by atoms with E-state index in [1.54, 1.807) is 7.11 Å². The van der Waals surface area contributed by atoms with Crippen LogP contribution in [0, 0.1) is 13.8 Å². The molecule has 96 valence electrons. The molecule has 0 saturated heterocycles. The molecule has 1 aromatic rings. The predicted molar refractivity (Wildman–Crippen MR) is 75.4 cm³/mol. The molecule has 0 saturated carbocycles. The van der Waals surface area contributed by atoms with Crippen LogP contribution in [0.25, 0.3) is 0 Å². The first-order valence-corrected chi connectivity index (χ1v) is 7.09. The molecule has 0 aliphatic rings. The van der Waals surface area contributed by atoms with Gasteiger partial charge in [0, 0.05) is 25.5 Å². The molecule has 0 aliphatic heterocycles. The Morgan fingerprint density at radius 1 is 1.12 bits per heavy atom. The molecule has 0 atom stereocenters. The third-order valence-electron chi connectivity index (χ3n) is 2.64. The van der Waals surface area contributed by atoms with Crippen LogP contribution in [0.2, 0.25) is 0 Å². The van der Waals surface area contributed by atoms with Crippen molar-refractivity contribution in [3.05, 3.63) is 28.8 Å². The third kappa shape index (κ3) is 4.68. The van der Waals surface area contributed by atoms with Crippen LogP contribution in [0.4, 0.5) is 0 Å². The largest absolute Gasteiger partial charge is 0.493 e.